The van der Waals surface area contributed by atoms with Crippen molar-refractivity contribution in [3.8, 4) is 0 Å². The Bertz CT molecular complexity index is 1350. The van der Waals surface area contributed by atoms with E-state index in [0.29, 0.717) is 29.5 Å². The maximum absolute atomic E-state index is 13.2. The highest BCUT2D eigenvalue weighted by atomic mass is 16.6. The van der Waals surface area contributed by atoms with Gasteiger partial charge in [-0.1, -0.05) is 29.8 Å². The molecule has 1 aliphatic rings. The Labute approximate surface area is 196 Å². The molecule has 1 aliphatic heterocycles. The molecular weight excluding hydrogens is 434 g/mol. The summed E-state index contributed by atoms with van der Waals surface area (Å²) in [6, 6.07) is 10.4. The zero-order valence-electron chi connectivity index (χ0n) is 19.6. The number of hydrogen-bond donors (Lipinski definition) is 2. The molecule has 2 amide bonds. The molecule has 176 valence electrons. The Hall–Kier alpha value is -3.94. The van der Waals surface area contributed by atoms with Gasteiger partial charge in [-0.05, 0) is 45.4 Å². The van der Waals surface area contributed by atoms with Crippen LogP contribution in [-0.2, 0) is 17.8 Å². The molecule has 0 fully saturated rings. The Balaban J connectivity index is 1.66. The maximum atomic E-state index is 13.2. The van der Waals surface area contributed by atoms with Gasteiger partial charge in [-0.25, -0.2) is 4.79 Å². The van der Waals surface area contributed by atoms with Gasteiger partial charge in [0.15, 0.2) is 0 Å². The summed E-state index contributed by atoms with van der Waals surface area (Å²) in [6.45, 7) is 7.85. The predicted octanol–water partition coefficient (Wildman–Crippen LogP) is 3.63. The highest BCUT2D eigenvalue weighted by Gasteiger charge is 2.30. The first-order chi connectivity index (χ1) is 16.1. The van der Waals surface area contributed by atoms with E-state index in [2.05, 4.69) is 10.6 Å². The van der Waals surface area contributed by atoms with Gasteiger partial charge in [-0.15, -0.1) is 0 Å². The van der Waals surface area contributed by atoms with Crippen LogP contribution in [0, 0.1) is 6.92 Å². The molecule has 8 heteroatoms. The number of carbonyl (C=O) groups is 3. The lowest BCUT2D eigenvalue weighted by Crippen LogP contribution is -2.35. The van der Waals surface area contributed by atoms with Crippen molar-refractivity contribution in [1.82, 2.24) is 15.2 Å². The van der Waals surface area contributed by atoms with Gasteiger partial charge in [0.25, 0.3) is 5.91 Å². The molecule has 0 saturated carbocycles. The fourth-order valence-corrected chi connectivity index (χ4v) is 4.09. The van der Waals surface area contributed by atoms with Crippen LogP contribution in [0.1, 0.15) is 64.2 Å². The van der Waals surface area contributed by atoms with Crippen molar-refractivity contribution < 1.29 is 19.1 Å². The van der Waals surface area contributed by atoms with Gasteiger partial charge >= 0.3 is 6.09 Å². The molecule has 0 radical (unpaired) electrons. The molecule has 1 atom stereocenters. The van der Waals surface area contributed by atoms with Crippen molar-refractivity contribution in [2.24, 2.45) is 0 Å². The summed E-state index contributed by atoms with van der Waals surface area (Å²) in [5, 5.41) is 5.87. The molecule has 2 N–H and O–H groups in total. The minimum absolute atomic E-state index is 0.0217. The van der Waals surface area contributed by atoms with Gasteiger partial charge < -0.3 is 19.9 Å². The number of rotatable bonds is 5. The van der Waals surface area contributed by atoms with Crippen molar-refractivity contribution in [1.29, 1.82) is 0 Å². The van der Waals surface area contributed by atoms with E-state index in [-0.39, 0.29) is 17.5 Å². The zero-order chi connectivity index (χ0) is 24.6. The van der Waals surface area contributed by atoms with Crippen LogP contribution in [0.15, 0.2) is 47.4 Å². The number of benzene rings is 2. The fourth-order valence-electron chi connectivity index (χ4n) is 4.09. The molecule has 1 unspecified atom stereocenters. The Morgan fingerprint density at radius 1 is 1.18 bits per heavy atom. The summed E-state index contributed by atoms with van der Waals surface area (Å²) in [5.41, 5.74) is 2.39. The number of amides is 2. The van der Waals surface area contributed by atoms with E-state index in [1.165, 1.54) is 12.3 Å². The molecular formula is C26H27N3O5. The minimum atomic E-state index is -0.673. The summed E-state index contributed by atoms with van der Waals surface area (Å²) in [5.74, 6) is -0.502. The van der Waals surface area contributed by atoms with E-state index in [9.17, 15) is 19.2 Å². The van der Waals surface area contributed by atoms with Crippen LogP contribution in [0.5, 0.6) is 0 Å². The summed E-state index contributed by atoms with van der Waals surface area (Å²) in [7, 11) is 0. The van der Waals surface area contributed by atoms with Crippen LogP contribution >= 0.6 is 0 Å². The third-order valence-corrected chi connectivity index (χ3v) is 5.62. The van der Waals surface area contributed by atoms with Crippen molar-refractivity contribution in [2.75, 3.05) is 0 Å². The van der Waals surface area contributed by atoms with Crippen LogP contribution < -0.4 is 16.1 Å². The van der Waals surface area contributed by atoms with Crippen LogP contribution in [0.2, 0.25) is 0 Å². The third-order valence-electron chi connectivity index (χ3n) is 5.62. The lowest BCUT2D eigenvalue weighted by Gasteiger charge is -2.22. The molecule has 34 heavy (non-hydrogen) atoms. The average molecular weight is 462 g/mol. The summed E-state index contributed by atoms with van der Waals surface area (Å²) < 4.78 is 7.13. The fraction of sp³-hybridized carbons (Fsp3) is 0.308. The first-order valence-electron chi connectivity index (χ1n) is 11.1. The number of aryl methyl sites for hydroxylation is 1. The molecule has 3 aromatic rings. The number of aromatic nitrogens is 1. The van der Waals surface area contributed by atoms with Gasteiger partial charge in [0.05, 0.1) is 11.6 Å². The lowest BCUT2D eigenvalue weighted by molar-refractivity contribution is 0.0501. The topological polar surface area (TPSA) is 107 Å². The third kappa shape index (κ3) is 4.71. The lowest BCUT2D eigenvalue weighted by atomic mass is 10.0. The van der Waals surface area contributed by atoms with E-state index >= 15 is 0 Å². The number of pyridine rings is 1. The van der Waals surface area contributed by atoms with E-state index in [1.54, 1.807) is 31.4 Å². The molecule has 1 aromatic heterocycles. The second-order valence-electron chi connectivity index (χ2n) is 9.52. The highest BCUT2D eigenvalue weighted by molar-refractivity contribution is 5.99. The van der Waals surface area contributed by atoms with E-state index in [4.69, 9.17) is 4.74 Å². The summed E-state index contributed by atoms with van der Waals surface area (Å²) in [6.07, 6.45) is 1.55. The largest absolute Gasteiger partial charge is 0.444 e. The number of carbonyl (C=O) groups excluding carboxylic acids is 3. The van der Waals surface area contributed by atoms with Crippen molar-refractivity contribution in [3.63, 3.8) is 0 Å². The Morgan fingerprint density at radius 2 is 1.88 bits per heavy atom. The summed E-state index contributed by atoms with van der Waals surface area (Å²) in [4.78, 5) is 50.1. The van der Waals surface area contributed by atoms with Gasteiger partial charge in [-0.2, -0.15) is 0 Å². The summed E-state index contributed by atoms with van der Waals surface area (Å²) >= 11 is 0. The second kappa shape index (κ2) is 8.78. The smallest absolute Gasteiger partial charge is 0.408 e. The van der Waals surface area contributed by atoms with Crippen LogP contribution in [0.4, 0.5) is 4.79 Å². The second-order valence-corrected chi connectivity index (χ2v) is 9.52. The number of aldehydes is 1. The molecule has 4 rings (SSSR count). The van der Waals surface area contributed by atoms with Gasteiger partial charge in [-0.3, -0.25) is 14.4 Å². The van der Waals surface area contributed by atoms with Crippen LogP contribution in [0.3, 0.4) is 0 Å². The van der Waals surface area contributed by atoms with E-state index < -0.39 is 29.1 Å². The highest BCUT2D eigenvalue weighted by Crippen LogP contribution is 2.32. The Morgan fingerprint density at radius 3 is 2.53 bits per heavy atom. The standard InChI is InChI=1S/C26H27N3O5/c1-15-5-7-16(8-6-15)11-27-24(32)20-12-29-13-21(28-25(33)34-26(2,3)4)18-9-17(14-30)10-19(22(18)29)23(20)31/h5-10,12,14,21H,11,13H2,1-4H3,(H,27,32)(H,28,33). The van der Waals surface area contributed by atoms with E-state index in [1.807, 2.05) is 31.2 Å². The quantitative estimate of drug-likeness (QED) is 0.565. The first-order valence-corrected chi connectivity index (χ1v) is 11.1. The molecule has 0 bridgehead atoms. The van der Waals surface area contributed by atoms with E-state index in [0.717, 1.165) is 11.1 Å². The molecule has 2 heterocycles. The monoisotopic (exact) mass is 461 g/mol. The number of nitrogens with zero attached hydrogens (tertiary/aromatic N) is 1. The zero-order valence-corrected chi connectivity index (χ0v) is 19.6. The number of nitrogens with one attached hydrogen (secondary N) is 2. The average Bonchev–Trinajstić information content (AvgIpc) is 3.11. The van der Waals surface area contributed by atoms with Crippen LogP contribution in [0.25, 0.3) is 10.9 Å². The van der Waals surface area contributed by atoms with Gasteiger partial charge in [0.2, 0.25) is 5.43 Å². The van der Waals surface area contributed by atoms with Crippen molar-refractivity contribution >= 4 is 29.2 Å². The number of ether oxygens (including phenoxy) is 1. The molecule has 0 aliphatic carbocycles. The van der Waals surface area contributed by atoms with Crippen molar-refractivity contribution in [3.05, 3.63) is 80.6 Å². The SMILES string of the molecule is Cc1ccc(CNC(=O)c2cn3c4c(cc(C=O)cc4c2=O)C(NC(=O)OC(C)(C)C)C3)cc1. The molecule has 2 aromatic carbocycles. The first kappa shape index (κ1) is 23.2. The molecule has 8 nitrogen and oxygen atoms in total. The van der Waals surface area contributed by atoms with Crippen LogP contribution in [-0.4, -0.2) is 28.5 Å². The maximum Gasteiger partial charge on any atom is 0.408 e. The molecule has 0 saturated heterocycles. The van der Waals surface area contributed by atoms with Gasteiger partial charge in [0.1, 0.15) is 17.5 Å². The number of hydrogen-bond acceptors (Lipinski definition) is 5. The van der Waals surface area contributed by atoms with Crippen molar-refractivity contribution in [2.45, 2.75) is 52.4 Å². The minimum Gasteiger partial charge on any atom is -0.444 e. The normalized spacial score (nSPS) is 14.6. The predicted molar refractivity (Wildman–Crippen MR) is 128 cm³/mol. The number of alkyl carbamates (subject to hydrolysis) is 1. The Kier molecular flexibility index (Phi) is 6.00. The van der Waals surface area contributed by atoms with Gasteiger partial charge in [0, 0.05) is 35.8 Å². The molecule has 0 spiro atoms.